The molecule has 2 aromatic rings. The summed E-state index contributed by atoms with van der Waals surface area (Å²) < 4.78 is 10.5. The summed E-state index contributed by atoms with van der Waals surface area (Å²) in [4.78, 5) is 18.7. The number of carbonyl (C=O) groups is 1. The van der Waals surface area contributed by atoms with E-state index in [-0.39, 0.29) is 5.97 Å². The Morgan fingerprint density at radius 1 is 1.09 bits per heavy atom. The van der Waals surface area contributed by atoms with Gasteiger partial charge in [0.05, 0.1) is 25.4 Å². The standard InChI is InChI=1S/C26H36N4O3S/c1-4-33-25(31)22-8-10-23(11-9-22)27-26(34)30(15-5-14-29-16-18-32-19-17-29)20-21-6-12-24(13-7-21)28(2)3/h6-13H,4-5,14-20H2,1-3H3,(H,27,34). The highest BCUT2D eigenvalue weighted by atomic mass is 32.1. The molecule has 0 saturated carbocycles. The lowest BCUT2D eigenvalue weighted by Crippen LogP contribution is -2.40. The predicted octanol–water partition coefficient (Wildman–Crippen LogP) is 3.85. The molecule has 1 aliphatic rings. The van der Waals surface area contributed by atoms with E-state index in [0.29, 0.717) is 17.3 Å². The van der Waals surface area contributed by atoms with Gasteiger partial charge >= 0.3 is 5.97 Å². The Hall–Kier alpha value is -2.68. The molecule has 1 aliphatic heterocycles. The fourth-order valence-corrected chi connectivity index (χ4v) is 4.06. The van der Waals surface area contributed by atoms with E-state index in [4.69, 9.17) is 21.7 Å². The van der Waals surface area contributed by atoms with Gasteiger partial charge in [-0.3, -0.25) is 4.90 Å². The number of nitrogens with one attached hydrogen (secondary N) is 1. The quantitative estimate of drug-likeness (QED) is 0.403. The maximum absolute atomic E-state index is 11.9. The Morgan fingerprint density at radius 3 is 2.38 bits per heavy atom. The Balaban J connectivity index is 1.64. The van der Waals surface area contributed by atoms with Gasteiger partial charge in [0, 0.05) is 58.2 Å². The minimum atomic E-state index is -0.317. The Labute approximate surface area is 208 Å². The van der Waals surface area contributed by atoms with Crippen molar-refractivity contribution in [2.24, 2.45) is 0 Å². The molecule has 1 saturated heterocycles. The Kier molecular flexibility index (Phi) is 10.1. The van der Waals surface area contributed by atoms with Gasteiger partial charge in [0.15, 0.2) is 5.11 Å². The number of benzene rings is 2. The largest absolute Gasteiger partial charge is 0.462 e. The summed E-state index contributed by atoms with van der Waals surface area (Å²) in [6, 6.07) is 15.8. The fraction of sp³-hybridized carbons (Fsp3) is 0.462. The lowest BCUT2D eigenvalue weighted by Gasteiger charge is -2.30. The van der Waals surface area contributed by atoms with E-state index in [2.05, 4.69) is 44.3 Å². The van der Waals surface area contributed by atoms with Crippen molar-refractivity contribution < 1.29 is 14.3 Å². The topological polar surface area (TPSA) is 57.3 Å². The molecular weight excluding hydrogens is 448 g/mol. The number of morpholine rings is 1. The van der Waals surface area contributed by atoms with E-state index in [1.165, 1.54) is 11.3 Å². The summed E-state index contributed by atoms with van der Waals surface area (Å²) >= 11 is 5.80. The normalized spacial score (nSPS) is 13.9. The second-order valence-electron chi connectivity index (χ2n) is 8.52. The summed E-state index contributed by atoms with van der Waals surface area (Å²) in [6.07, 6.45) is 1.01. The fourth-order valence-electron chi connectivity index (χ4n) is 3.79. The molecule has 34 heavy (non-hydrogen) atoms. The third kappa shape index (κ3) is 7.97. The minimum Gasteiger partial charge on any atom is -0.462 e. The van der Waals surface area contributed by atoms with Crippen molar-refractivity contribution in [3.63, 3.8) is 0 Å². The molecule has 3 rings (SSSR count). The third-order valence-electron chi connectivity index (χ3n) is 5.77. The highest BCUT2D eigenvalue weighted by molar-refractivity contribution is 7.80. The summed E-state index contributed by atoms with van der Waals surface area (Å²) in [5.74, 6) is -0.317. The second-order valence-corrected chi connectivity index (χ2v) is 8.90. The zero-order valence-electron chi connectivity index (χ0n) is 20.5. The molecule has 184 valence electrons. The van der Waals surface area contributed by atoms with Gasteiger partial charge in [-0.15, -0.1) is 0 Å². The molecule has 1 heterocycles. The molecule has 0 radical (unpaired) electrons. The molecule has 0 bridgehead atoms. The average Bonchev–Trinajstić information content (AvgIpc) is 2.85. The first-order chi connectivity index (χ1) is 16.5. The maximum atomic E-state index is 11.9. The highest BCUT2D eigenvalue weighted by Crippen LogP contribution is 2.16. The van der Waals surface area contributed by atoms with Crippen LogP contribution < -0.4 is 10.2 Å². The van der Waals surface area contributed by atoms with Crippen LogP contribution in [0.5, 0.6) is 0 Å². The number of nitrogens with zero attached hydrogens (tertiary/aromatic N) is 3. The number of rotatable bonds is 10. The smallest absolute Gasteiger partial charge is 0.338 e. The van der Waals surface area contributed by atoms with Crippen LogP contribution in [-0.4, -0.2) is 81.0 Å². The first kappa shape index (κ1) is 25.9. The van der Waals surface area contributed by atoms with E-state index >= 15 is 0 Å². The average molecular weight is 485 g/mol. The van der Waals surface area contributed by atoms with E-state index in [1.807, 2.05) is 26.2 Å². The lowest BCUT2D eigenvalue weighted by molar-refractivity contribution is 0.0367. The molecule has 1 N–H and O–H groups in total. The van der Waals surface area contributed by atoms with Gasteiger partial charge in [-0.1, -0.05) is 12.1 Å². The van der Waals surface area contributed by atoms with Crippen molar-refractivity contribution in [1.82, 2.24) is 9.80 Å². The van der Waals surface area contributed by atoms with Crippen LogP contribution in [0.2, 0.25) is 0 Å². The number of carbonyl (C=O) groups excluding carboxylic acids is 1. The summed E-state index contributed by atoms with van der Waals surface area (Å²) in [5, 5.41) is 4.01. The van der Waals surface area contributed by atoms with E-state index < -0.39 is 0 Å². The number of hydrogen-bond acceptors (Lipinski definition) is 6. The molecule has 0 atom stereocenters. The van der Waals surface area contributed by atoms with Crippen molar-refractivity contribution in [2.75, 3.05) is 70.3 Å². The summed E-state index contributed by atoms with van der Waals surface area (Å²) in [6.45, 7) is 8.35. The molecule has 0 aliphatic carbocycles. The van der Waals surface area contributed by atoms with Gasteiger partial charge in [0.25, 0.3) is 0 Å². The zero-order chi connectivity index (χ0) is 24.3. The lowest BCUT2D eigenvalue weighted by atomic mass is 10.2. The molecule has 0 aromatic heterocycles. The van der Waals surface area contributed by atoms with Crippen molar-refractivity contribution in [2.45, 2.75) is 19.9 Å². The van der Waals surface area contributed by atoms with Crippen LogP contribution in [0.25, 0.3) is 0 Å². The molecule has 1 fully saturated rings. The number of esters is 1. The number of anilines is 2. The molecule has 7 nitrogen and oxygen atoms in total. The first-order valence-corrected chi connectivity index (χ1v) is 12.3. The van der Waals surface area contributed by atoms with Crippen LogP contribution in [0.15, 0.2) is 48.5 Å². The van der Waals surface area contributed by atoms with E-state index in [9.17, 15) is 4.79 Å². The van der Waals surface area contributed by atoms with Gasteiger partial charge < -0.3 is 24.6 Å². The van der Waals surface area contributed by atoms with Crippen LogP contribution in [0.3, 0.4) is 0 Å². The molecule has 2 aromatic carbocycles. The Bertz CT molecular complexity index is 913. The van der Waals surface area contributed by atoms with Gasteiger partial charge in [-0.2, -0.15) is 0 Å². The van der Waals surface area contributed by atoms with Crippen molar-refractivity contribution in [3.05, 3.63) is 59.7 Å². The predicted molar refractivity (Wildman–Crippen MR) is 142 cm³/mol. The van der Waals surface area contributed by atoms with Gasteiger partial charge in [0.2, 0.25) is 0 Å². The molecule has 0 unspecified atom stereocenters. The Morgan fingerprint density at radius 2 is 1.76 bits per heavy atom. The monoisotopic (exact) mass is 484 g/mol. The molecule has 8 heteroatoms. The summed E-state index contributed by atoms with van der Waals surface area (Å²) in [7, 11) is 4.08. The second kappa shape index (κ2) is 13.3. The molecule has 0 amide bonds. The number of hydrogen-bond donors (Lipinski definition) is 1. The highest BCUT2D eigenvalue weighted by Gasteiger charge is 2.15. The number of thiocarbonyl (C=S) groups is 1. The molecule has 0 spiro atoms. The van der Waals surface area contributed by atoms with Crippen molar-refractivity contribution in [1.29, 1.82) is 0 Å². The SMILES string of the molecule is CCOC(=O)c1ccc(NC(=S)N(CCCN2CCOCC2)Cc2ccc(N(C)C)cc2)cc1. The van der Waals surface area contributed by atoms with Crippen molar-refractivity contribution >= 4 is 34.7 Å². The zero-order valence-corrected chi connectivity index (χ0v) is 21.3. The van der Waals surface area contributed by atoms with E-state index in [0.717, 1.165) is 58.0 Å². The first-order valence-electron chi connectivity index (χ1n) is 11.9. The van der Waals surface area contributed by atoms with Crippen LogP contribution in [0.4, 0.5) is 11.4 Å². The van der Waals surface area contributed by atoms with E-state index in [1.54, 1.807) is 19.1 Å². The van der Waals surface area contributed by atoms with Crippen LogP contribution in [0.1, 0.15) is 29.3 Å². The third-order valence-corrected chi connectivity index (χ3v) is 6.13. The van der Waals surface area contributed by atoms with Crippen LogP contribution in [0, 0.1) is 0 Å². The van der Waals surface area contributed by atoms with Gasteiger partial charge in [0.1, 0.15) is 0 Å². The van der Waals surface area contributed by atoms with Gasteiger partial charge in [-0.05, 0) is 67.5 Å². The van der Waals surface area contributed by atoms with Gasteiger partial charge in [-0.25, -0.2) is 4.79 Å². The maximum Gasteiger partial charge on any atom is 0.338 e. The van der Waals surface area contributed by atoms with Crippen LogP contribution >= 0.6 is 12.2 Å². The van der Waals surface area contributed by atoms with Crippen molar-refractivity contribution in [3.8, 4) is 0 Å². The minimum absolute atomic E-state index is 0.317. The number of ether oxygens (including phenoxy) is 2. The van der Waals surface area contributed by atoms with Crippen LogP contribution in [-0.2, 0) is 16.0 Å². The molecular formula is C26H36N4O3S. The summed E-state index contributed by atoms with van der Waals surface area (Å²) in [5.41, 5.74) is 3.75.